The van der Waals surface area contributed by atoms with Crippen LogP contribution in [0, 0.1) is 0 Å². The van der Waals surface area contributed by atoms with Gasteiger partial charge in [0.25, 0.3) is 0 Å². The van der Waals surface area contributed by atoms with E-state index in [9.17, 15) is 18.0 Å². The SMILES string of the molecule is CCON=C(C(CC)=C(ON)c1ccccc1C(=C=NC)C(=O)OC)c1ccc(Oc2cccc(C(F)(F)F)c2)cc1. The molecule has 0 bridgehead atoms. The van der Waals surface area contributed by atoms with E-state index in [2.05, 4.69) is 16.0 Å². The minimum Gasteiger partial charge on any atom is -0.465 e. The molecular weight excluding hydrogens is 551 g/mol. The third-order valence-electron chi connectivity index (χ3n) is 5.90. The summed E-state index contributed by atoms with van der Waals surface area (Å²) in [5.41, 5.74) is 1.65. The van der Waals surface area contributed by atoms with Gasteiger partial charge in [0, 0.05) is 29.3 Å². The monoisotopic (exact) mass is 581 g/mol. The van der Waals surface area contributed by atoms with Crippen molar-refractivity contribution in [2.24, 2.45) is 16.0 Å². The van der Waals surface area contributed by atoms with E-state index >= 15 is 0 Å². The van der Waals surface area contributed by atoms with E-state index in [1.807, 2.05) is 6.92 Å². The maximum atomic E-state index is 13.1. The minimum atomic E-state index is -4.49. The van der Waals surface area contributed by atoms with E-state index < -0.39 is 17.7 Å². The van der Waals surface area contributed by atoms with Crippen molar-refractivity contribution >= 4 is 28.9 Å². The first-order valence-electron chi connectivity index (χ1n) is 12.8. The van der Waals surface area contributed by atoms with Crippen molar-refractivity contribution in [2.75, 3.05) is 20.8 Å². The normalized spacial score (nSPS) is 12.0. The summed E-state index contributed by atoms with van der Waals surface area (Å²) in [7, 11) is 2.73. The molecule has 0 aliphatic heterocycles. The Morgan fingerprint density at radius 2 is 1.64 bits per heavy atom. The summed E-state index contributed by atoms with van der Waals surface area (Å²) in [5, 5.41) is 4.32. The number of oxime groups is 1. The molecule has 0 atom stereocenters. The smallest absolute Gasteiger partial charge is 0.416 e. The van der Waals surface area contributed by atoms with Crippen LogP contribution in [0.4, 0.5) is 13.2 Å². The maximum Gasteiger partial charge on any atom is 0.416 e. The van der Waals surface area contributed by atoms with Crippen LogP contribution in [0.1, 0.15) is 42.5 Å². The number of hydrogen-bond acceptors (Lipinski definition) is 8. The van der Waals surface area contributed by atoms with Crippen molar-refractivity contribution in [3.63, 3.8) is 0 Å². The molecule has 0 aliphatic carbocycles. The molecule has 3 aromatic rings. The Balaban J connectivity index is 2.10. The molecule has 0 spiro atoms. The molecule has 0 fully saturated rings. The predicted molar refractivity (Wildman–Crippen MR) is 154 cm³/mol. The van der Waals surface area contributed by atoms with Gasteiger partial charge in [-0.3, -0.25) is 0 Å². The zero-order valence-electron chi connectivity index (χ0n) is 23.5. The summed E-state index contributed by atoms with van der Waals surface area (Å²) in [5.74, 6) is 8.40. The summed E-state index contributed by atoms with van der Waals surface area (Å²) in [4.78, 5) is 27.2. The second-order valence-corrected chi connectivity index (χ2v) is 8.54. The van der Waals surface area contributed by atoms with Gasteiger partial charge in [0.2, 0.25) is 0 Å². The summed E-state index contributed by atoms with van der Waals surface area (Å²) in [6.07, 6.45) is -4.11. The van der Waals surface area contributed by atoms with Crippen LogP contribution in [0.5, 0.6) is 11.5 Å². The number of hydrogen-bond donors (Lipinski definition) is 1. The fourth-order valence-corrected chi connectivity index (χ4v) is 4.03. The maximum absolute atomic E-state index is 13.1. The van der Waals surface area contributed by atoms with E-state index in [0.717, 1.165) is 12.1 Å². The fourth-order valence-electron chi connectivity index (χ4n) is 4.03. The Morgan fingerprint density at radius 3 is 2.21 bits per heavy atom. The number of benzene rings is 3. The lowest BCUT2D eigenvalue weighted by molar-refractivity contribution is -0.137. The van der Waals surface area contributed by atoms with Crippen LogP contribution < -0.4 is 10.6 Å². The van der Waals surface area contributed by atoms with Crippen molar-refractivity contribution < 1.29 is 37.1 Å². The van der Waals surface area contributed by atoms with Crippen LogP contribution in [-0.2, 0) is 25.4 Å². The highest BCUT2D eigenvalue weighted by atomic mass is 19.4. The molecular formula is C31H30F3N3O5. The highest BCUT2D eigenvalue weighted by molar-refractivity contribution is 6.27. The number of aliphatic imine (C=N–C) groups is 1. The van der Waals surface area contributed by atoms with Gasteiger partial charge in [0.05, 0.1) is 12.7 Å². The lowest BCUT2D eigenvalue weighted by Gasteiger charge is -2.18. The molecule has 42 heavy (non-hydrogen) atoms. The zero-order valence-corrected chi connectivity index (χ0v) is 23.5. The summed E-state index contributed by atoms with van der Waals surface area (Å²) >= 11 is 0. The van der Waals surface area contributed by atoms with Gasteiger partial charge < -0.3 is 19.1 Å². The Bertz CT molecular complexity index is 1520. The van der Waals surface area contributed by atoms with Crippen LogP contribution in [0.2, 0.25) is 0 Å². The van der Waals surface area contributed by atoms with E-state index in [0.29, 0.717) is 40.1 Å². The standard InChI is InChI=1S/C31H30F3N3O5/c1-5-24(29(42-35)26-13-8-7-12-25(26)27(19-36-3)30(38)39-4)28(37-40-6-2)20-14-16-22(17-15-20)41-23-11-9-10-21(18-23)31(32,33)34/h7-18H,5-6,35H2,1-4H3. The number of esters is 1. The lowest BCUT2D eigenvalue weighted by Crippen LogP contribution is -2.14. The van der Waals surface area contributed by atoms with Gasteiger partial charge in [0.1, 0.15) is 29.4 Å². The highest BCUT2D eigenvalue weighted by Gasteiger charge is 2.30. The van der Waals surface area contributed by atoms with Gasteiger partial charge in [0.15, 0.2) is 5.76 Å². The Hall–Kier alpha value is -4.86. The number of alkyl halides is 3. The lowest BCUT2D eigenvalue weighted by atomic mass is 9.92. The molecule has 0 saturated heterocycles. The molecule has 220 valence electrons. The van der Waals surface area contributed by atoms with Gasteiger partial charge in [-0.15, -0.1) is 0 Å². The van der Waals surface area contributed by atoms with Crippen molar-refractivity contribution in [2.45, 2.75) is 26.4 Å². The van der Waals surface area contributed by atoms with E-state index in [1.165, 1.54) is 26.3 Å². The number of carbonyl (C=O) groups is 1. The number of rotatable bonds is 11. The number of nitrogens with two attached hydrogens (primary N) is 1. The number of methoxy groups -OCH3 is 1. The third kappa shape index (κ3) is 7.66. The minimum absolute atomic E-state index is 0.0374. The first-order valence-corrected chi connectivity index (χ1v) is 12.8. The van der Waals surface area contributed by atoms with Crippen LogP contribution >= 0.6 is 0 Å². The average molecular weight is 582 g/mol. The number of allylic oxidation sites excluding steroid dienone is 1. The van der Waals surface area contributed by atoms with E-state index in [1.54, 1.807) is 55.5 Å². The first kappa shape index (κ1) is 31.7. The Morgan fingerprint density at radius 1 is 0.952 bits per heavy atom. The topological polar surface area (TPSA) is 105 Å². The fraction of sp³-hybridized carbons (Fsp3) is 0.226. The number of halogens is 3. The second kappa shape index (κ2) is 14.7. The Kier molecular flexibility index (Phi) is 11.1. The number of nitrogens with zero attached hydrogens (tertiary/aromatic N) is 2. The van der Waals surface area contributed by atoms with E-state index in [4.69, 9.17) is 25.0 Å². The van der Waals surface area contributed by atoms with Crippen molar-refractivity contribution in [3.8, 4) is 11.5 Å². The zero-order chi connectivity index (χ0) is 30.7. The number of carbonyl (C=O) groups excluding carboxylic acids is 1. The molecule has 8 nitrogen and oxygen atoms in total. The van der Waals surface area contributed by atoms with Crippen molar-refractivity contribution in [1.29, 1.82) is 0 Å². The quantitative estimate of drug-likeness (QED) is 0.0878. The van der Waals surface area contributed by atoms with Gasteiger partial charge in [-0.1, -0.05) is 42.4 Å². The predicted octanol–water partition coefficient (Wildman–Crippen LogP) is 6.81. The summed E-state index contributed by atoms with van der Waals surface area (Å²) < 4.78 is 49.9. The third-order valence-corrected chi connectivity index (χ3v) is 5.90. The van der Waals surface area contributed by atoms with Crippen molar-refractivity contribution in [1.82, 2.24) is 0 Å². The summed E-state index contributed by atoms with van der Waals surface area (Å²) in [6.45, 7) is 3.92. The molecule has 3 aromatic carbocycles. The molecule has 0 heterocycles. The molecule has 0 amide bonds. The average Bonchev–Trinajstić information content (AvgIpc) is 2.99. The highest BCUT2D eigenvalue weighted by Crippen LogP contribution is 2.34. The van der Waals surface area contributed by atoms with Crippen molar-refractivity contribution in [3.05, 3.63) is 101 Å². The molecule has 3 rings (SSSR count). The van der Waals surface area contributed by atoms with Gasteiger partial charge in [-0.25, -0.2) is 9.79 Å². The molecule has 0 unspecified atom stereocenters. The van der Waals surface area contributed by atoms with Crippen LogP contribution in [0.15, 0.2) is 88.5 Å². The summed E-state index contributed by atoms with van der Waals surface area (Å²) in [6, 6.07) is 18.1. The largest absolute Gasteiger partial charge is 0.465 e. The van der Waals surface area contributed by atoms with Crippen LogP contribution in [0.3, 0.4) is 0 Å². The second-order valence-electron chi connectivity index (χ2n) is 8.54. The van der Waals surface area contributed by atoms with Gasteiger partial charge in [-0.05, 0) is 61.7 Å². The first-order chi connectivity index (χ1) is 20.2. The van der Waals surface area contributed by atoms with Crippen LogP contribution in [-0.4, -0.2) is 38.3 Å². The number of ether oxygens (including phenoxy) is 2. The van der Waals surface area contributed by atoms with E-state index in [-0.39, 0.29) is 23.7 Å². The van der Waals surface area contributed by atoms with Gasteiger partial charge >= 0.3 is 12.1 Å². The molecule has 0 aromatic heterocycles. The molecule has 11 heteroatoms. The van der Waals surface area contributed by atoms with Gasteiger partial charge in [-0.2, -0.15) is 19.1 Å². The Labute approximate surface area is 241 Å². The molecule has 0 radical (unpaired) electrons. The molecule has 2 N–H and O–H groups in total. The van der Waals surface area contributed by atoms with Crippen LogP contribution in [0.25, 0.3) is 11.3 Å². The molecule has 0 saturated carbocycles. The molecule has 0 aliphatic rings.